The maximum atomic E-state index is 12.2. The van der Waals surface area contributed by atoms with Crippen LogP contribution >= 0.6 is 0 Å². The predicted octanol–water partition coefficient (Wildman–Crippen LogP) is 0.311. The lowest BCUT2D eigenvalue weighted by Crippen LogP contribution is -2.42. The van der Waals surface area contributed by atoms with Crippen molar-refractivity contribution in [2.75, 3.05) is 0 Å². The van der Waals surface area contributed by atoms with Crippen LogP contribution in [0.1, 0.15) is 11.1 Å². The summed E-state index contributed by atoms with van der Waals surface area (Å²) in [5, 5.41) is 2.20. The zero-order chi connectivity index (χ0) is 13.8. The molecule has 18 heavy (non-hydrogen) atoms. The molecule has 1 aromatic carbocycles. The lowest BCUT2D eigenvalue weighted by atomic mass is 10.1. The Kier molecular flexibility index (Phi) is 4.27. The van der Waals surface area contributed by atoms with Crippen molar-refractivity contribution in [2.45, 2.75) is 12.7 Å². The number of hydrogen-bond acceptors (Lipinski definition) is 3. The van der Waals surface area contributed by atoms with Crippen LogP contribution in [0.3, 0.4) is 0 Å². The van der Waals surface area contributed by atoms with E-state index in [1.807, 2.05) is 0 Å². The van der Waals surface area contributed by atoms with E-state index in [1.54, 1.807) is 5.43 Å². The zero-order valence-electron chi connectivity index (χ0n) is 9.04. The minimum atomic E-state index is -4.40. The van der Waals surface area contributed by atoms with Crippen LogP contribution in [0.5, 0.6) is 0 Å². The van der Waals surface area contributed by atoms with Gasteiger partial charge in [0.15, 0.2) is 0 Å². The lowest BCUT2D eigenvalue weighted by Gasteiger charge is -2.08. The number of carbonyl (C=O) groups excluding carboxylic acids is 2. The fraction of sp³-hybridized carbons (Fsp3) is 0.200. The van der Waals surface area contributed by atoms with Crippen LogP contribution in [-0.4, -0.2) is 11.8 Å². The molecule has 4 N–H and O–H groups in total. The van der Waals surface area contributed by atoms with Crippen LogP contribution in [0.4, 0.5) is 13.2 Å². The summed E-state index contributed by atoms with van der Waals surface area (Å²) in [6, 6.07) is 4.21. The van der Waals surface area contributed by atoms with E-state index in [2.05, 4.69) is 5.32 Å². The molecule has 0 unspecified atom stereocenters. The Morgan fingerprint density at radius 2 is 1.67 bits per heavy atom. The first-order valence-electron chi connectivity index (χ1n) is 4.79. The van der Waals surface area contributed by atoms with Crippen LogP contribution in [0.15, 0.2) is 24.3 Å². The number of alkyl halides is 3. The molecule has 0 aliphatic rings. The molecule has 5 nitrogen and oxygen atoms in total. The highest BCUT2D eigenvalue weighted by Crippen LogP contribution is 2.28. The average Bonchev–Trinajstić information content (AvgIpc) is 2.34. The number of hydrazine groups is 1. The Balaban J connectivity index is 2.60. The smallest absolute Gasteiger partial charge is 0.344 e. The third-order valence-corrected chi connectivity index (χ3v) is 2.07. The molecule has 0 atom stereocenters. The fourth-order valence-corrected chi connectivity index (χ4v) is 1.14. The minimum Gasteiger partial charge on any atom is -0.344 e. The molecule has 0 aromatic heterocycles. The maximum Gasteiger partial charge on any atom is 0.416 e. The zero-order valence-corrected chi connectivity index (χ0v) is 9.04. The number of benzene rings is 1. The molecule has 0 fully saturated rings. The molecule has 0 spiro atoms. The van der Waals surface area contributed by atoms with Crippen molar-refractivity contribution >= 4 is 11.8 Å². The highest BCUT2D eigenvalue weighted by atomic mass is 19.4. The largest absolute Gasteiger partial charge is 0.416 e. The highest BCUT2D eigenvalue weighted by molar-refractivity contribution is 6.34. The van der Waals surface area contributed by atoms with Crippen molar-refractivity contribution < 1.29 is 22.8 Å². The Bertz CT molecular complexity index is 443. The van der Waals surface area contributed by atoms with Gasteiger partial charge < -0.3 is 5.32 Å². The molecule has 0 radical (unpaired) electrons. The van der Waals surface area contributed by atoms with E-state index in [0.29, 0.717) is 5.56 Å². The molecule has 0 aliphatic carbocycles. The van der Waals surface area contributed by atoms with Gasteiger partial charge in [-0.25, -0.2) is 5.84 Å². The molecular formula is C10H10F3N3O2. The predicted molar refractivity (Wildman–Crippen MR) is 55.6 cm³/mol. The Morgan fingerprint density at radius 1 is 1.11 bits per heavy atom. The second kappa shape index (κ2) is 5.50. The lowest BCUT2D eigenvalue weighted by molar-refractivity contribution is -0.139. The summed E-state index contributed by atoms with van der Waals surface area (Å²) in [4.78, 5) is 21.7. The molecule has 0 aliphatic heterocycles. The van der Waals surface area contributed by atoms with E-state index < -0.39 is 23.6 Å². The number of hydrogen-bond donors (Lipinski definition) is 3. The third kappa shape index (κ3) is 3.74. The van der Waals surface area contributed by atoms with Gasteiger partial charge in [-0.15, -0.1) is 0 Å². The molecule has 98 valence electrons. The van der Waals surface area contributed by atoms with Crippen molar-refractivity contribution in [3.63, 3.8) is 0 Å². The summed E-state index contributed by atoms with van der Waals surface area (Å²) < 4.78 is 36.7. The first-order chi connectivity index (χ1) is 8.34. The molecule has 2 amide bonds. The monoisotopic (exact) mass is 261 g/mol. The Labute approximate surface area is 100 Å². The SMILES string of the molecule is NNC(=O)C(=O)NCc1ccc(C(F)(F)F)cc1. The molecule has 1 aromatic rings. The number of nitrogens with one attached hydrogen (secondary N) is 2. The normalized spacial score (nSPS) is 10.9. The van der Waals surface area contributed by atoms with E-state index in [4.69, 9.17) is 5.84 Å². The van der Waals surface area contributed by atoms with Crippen LogP contribution in [0.25, 0.3) is 0 Å². The van der Waals surface area contributed by atoms with E-state index in [9.17, 15) is 22.8 Å². The van der Waals surface area contributed by atoms with Gasteiger partial charge in [0.25, 0.3) is 0 Å². The summed E-state index contributed by atoms with van der Waals surface area (Å²) in [5.41, 5.74) is 1.28. The van der Waals surface area contributed by atoms with Crippen molar-refractivity contribution in [3.8, 4) is 0 Å². The molecular weight excluding hydrogens is 251 g/mol. The second-order valence-corrected chi connectivity index (χ2v) is 3.35. The van der Waals surface area contributed by atoms with Crippen LogP contribution < -0.4 is 16.6 Å². The van der Waals surface area contributed by atoms with Crippen molar-refractivity contribution in [3.05, 3.63) is 35.4 Å². The Hall–Kier alpha value is -2.09. The highest BCUT2D eigenvalue weighted by Gasteiger charge is 2.29. The second-order valence-electron chi connectivity index (χ2n) is 3.35. The fourth-order valence-electron chi connectivity index (χ4n) is 1.14. The van der Waals surface area contributed by atoms with Gasteiger partial charge in [-0.2, -0.15) is 13.2 Å². The topological polar surface area (TPSA) is 84.2 Å². The van der Waals surface area contributed by atoms with Gasteiger partial charge in [-0.1, -0.05) is 12.1 Å². The third-order valence-electron chi connectivity index (χ3n) is 2.07. The van der Waals surface area contributed by atoms with Crippen molar-refractivity contribution in [2.24, 2.45) is 5.84 Å². The molecule has 0 heterocycles. The number of rotatable bonds is 2. The number of halogens is 3. The molecule has 0 saturated carbocycles. The van der Waals surface area contributed by atoms with Crippen LogP contribution in [0.2, 0.25) is 0 Å². The summed E-state index contributed by atoms with van der Waals surface area (Å²) in [7, 11) is 0. The summed E-state index contributed by atoms with van der Waals surface area (Å²) in [5.74, 6) is 2.74. The summed E-state index contributed by atoms with van der Waals surface area (Å²) in [6.07, 6.45) is -4.40. The molecule has 1 rings (SSSR count). The standard InChI is InChI=1S/C10H10F3N3O2/c11-10(12,13)7-3-1-6(2-4-7)5-15-8(17)9(18)16-14/h1-4H,5,14H2,(H,15,17)(H,16,18). The molecule has 0 saturated heterocycles. The van der Waals surface area contributed by atoms with E-state index in [-0.39, 0.29) is 6.54 Å². The van der Waals surface area contributed by atoms with Gasteiger partial charge in [-0.3, -0.25) is 15.0 Å². The molecule has 8 heteroatoms. The summed E-state index contributed by atoms with van der Waals surface area (Å²) in [6.45, 7) is -0.0651. The molecule has 0 bridgehead atoms. The van der Waals surface area contributed by atoms with E-state index in [1.165, 1.54) is 12.1 Å². The maximum absolute atomic E-state index is 12.2. The average molecular weight is 261 g/mol. The number of amides is 2. The van der Waals surface area contributed by atoms with Gasteiger partial charge >= 0.3 is 18.0 Å². The van der Waals surface area contributed by atoms with Gasteiger partial charge in [0.1, 0.15) is 0 Å². The van der Waals surface area contributed by atoms with Gasteiger partial charge in [0.05, 0.1) is 5.56 Å². The van der Waals surface area contributed by atoms with Crippen molar-refractivity contribution in [1.82, 2.24) is 10.7 Å². The first-order valence-corrected chi connectivity index (χ1v) is 4.79. The Morgan fingerprint density at radius 3 is 2.11 bits per heavy atom. The number of carbonyl (C=O) groups is 2. The quantitative estimate of drug-likeness (QED) is 0.310. The van der Waals surface area contributed by atoms with Crippen LogP contribution in [0, 0.1) is 0 Å². The van der Waals surface area contributed by atoms with Gasteiger partial charge in [0.2, 0.25) is 0 Å². The first kappa shape index (κ1) is 14.0. The van der Waals surface area contributed by atoms with Crippen molar-refractivity contribution in [1.29, 1.82) is 0 Å². The van der Waals surface area contributed by atoms with E-state index >= 15 is 0 Å². The van der Waals surface area contributed by atoms with E-state index in [0.717, 1.165) is 12.1 Å². The van der Waals surface area contributed by atoms with Gasteiger partial charge in [-0.05, 0) is 17.7 Å². The minimum absolute atomic E-state index is 0.0651. The number of nitrogens with two attached hydrogens (primary N) is 1. The van der Waals surface area contributed by atoms with Crippen LogP contribution in [-0.2, 0) is 22.3 Å². The van der Waals surface area contributed by atoms with Gasteiger partial charge in [0, 0.05) is 6.54 Å². The summed E-state index contributed by atoms with van der Waals surface area (Å²) >= 11 is 0.